The molecule has 0 spiro atoms. The molecule has 4 amide bonds. The number of urea groups is 1. The van der Waals surface area contributed by atoms with Crippen molar-refractivity contribution in [1.29, 1.82) is 0 Å². The Bertz CT molecular complexity index is 1180. The van der Waals surface area contributed by atoms with Crippen molar-refractivity contribution >= 4 is 29.6 Å². The second kappa shape index (κ2) is 8.19. The van der Waals surface area contributed by atoms with E-state index in [1.807, 2.05) is 35.0 Å². The molecule has 156 valence electrons. The third kappa shape index (κ3) is 3.91. The first-order valence-electron chi connectivity index (χ1n) is 9.38. The summed E-state index contributed by atoms with van der Waals surface area (Å²) in [5, 5.41) is 2.22. The van der Waals surface area contributed by atoms with Crippen LogP contribution in [0.2, 0.25) is 0 Å². The lowest BCUT2D eigenvalue weighted by Crippen LogP contribution is -2.54. The van der Waals surface area contributed by atoms with E-state index in [0.717, 1.165) is 16.3 Å². The Kier molecular flexibility index (Phi) is 5.28. The number of barbiturate groups is 1. The lowest BCUT2D eigenvalue weighted by molar-refractivity contribution is -0.122. The molecule has 0 unspecified atom stereocenters. The molecule has 0 radical (unpaired) electrons. The number of imide groups is 2. The van der Waals surface area contributed by atoms with Gasteiger partial charge in [-0.15, -0.1) is 0 Å². The molecular weight excluding hydrogens is 398 g/mol. The van der Waals surface area contributed by atoms with Gasteiger partial charge in [0.15, 0.2) is 0 Å². The standard InChI is InChI=1S/C23H19N3O5/c1-30-18-7-3-16(4-8-18)25-12-11-15(14-25)13-20-21(27)24-23(29)26(22(20)28)17-5-9-19(31-2)10-6-17/h3-14H,1-2H3,(H,24,27,29)/b20-13-. The maximum Gasteiger partial charge on any atom is 0.335 e. The van der Waals surface area contributed by atoms with Gasteiger partial charge in [-0.1, -0.05) is 0 Å². The van der Waals surface area contributed by atoms with Crippen molar-refractivity contribution in [2.24, 2.45) is 0 Å². The summed E-state index contributed by atoms with van der Waals surface area (Å²) in [7, 11) is 3.12. The predicted octanol–water partition coefficient (Wildman–Crippen LogP) is 3.16. The van der Waals surface area contributed by atoms with Crippen LogP contribution in [-0.4, -0.2) is 36.6 Å². The van der Waals surface area contributed by atoms with E-state index in [4.69, 9.17) is 9.47 Å². The van der Waals surface area contributed by atoms with Gasteiger partial charge in [0, 0.05) is 18.1 Å². The molecule has 0 atom stereocenters. The first-order chi connectivity index (χ1) is 15.0. The van der Waals surface area contributed by atoms with Crippen molar-refractivity contribution in [2.45, 2.75) is 0 Å². The highest BCUT2D eigenvalue weighted by Crippen LogP contribution is 2.24. The third-order valence-corrected chi connectivity index (χ3v) is 4.83. The van der Waals surface area contributed by atoms with Crippen molar-refractivity contribution in [3.05, 3.63) is 78.1 Å². The number of aromatic nitrogens is 1. The number of ether oxygens (including phenoxy) is 2. The molecule has 1 fully saturated rings. The monoisotopic (exact) mass is 417 g/mol. The molecule has 3 aromatic rings. The van der Waals surface area contributed by atoms with Crippen LogP contribution in [-0.2, 0) is 9.59 Å². The highest BCUT2D eigenvalue weighted by Gasteiger charge is 2.36. The number of benzene rings is 2. The van der Waals surface area contributed by atoms with Crippen LogP contribution >= 0.6 is 0 Å². The largest absolute Gasteiger partial charge is 0.497 e. The Morgan fingerprint density at radius 3 is 1.97 bits per heavy atom. The summed E-state index contributed by atoms with van der Waals surface area (Å²) in [6.45, 7) is 0. The maximum atomic E-state index is 13.0. The number of carbonyl (C=O) groups is 3. The molecule has 8 heteroatoms. The highest BCUT2D eigenvalue weighted by atomic mass is 16.5. The number of anilines is 1. The first kappa shape index (κ1) is 20.0. The van der Waals surface area contributed by atoms with Crippen LogP contribution in [0, 0.1) is 0 Å². The summed E-state index contributed by atoms with van der Waals surface area (Å²) >= 11 is 0. The summed E-state index contributed by atoms with van der Waals surface area (Å²) in [5.74, 6) is -0.112. The SMILES string of the molecule is COc1ccc(N2C(=O)NC(=O)/C(=C/c3ccn(-c4ccc(OC)cc4)c3)C2=O)cc1. The molecule has 1 N–H and O–H groups in total. The topological polar surface area (TPSA) is 89.9 Å². The fourth-order valence-corrected chi connectivity index (χ4v) is 3.20. The van der Waals surface area contributed by atoms with Gasteiger partial charge in [0.25, 0.3) is 11.8 Å². The van der Waals surface area contributed by atoms with Crippen molar-refractivity contribution in [3.63, 3.8) is 0 Å². The molecule has 8 nitrogen and oxygen atoms in total. The van der Waals surface area contributed by atoms with E-state index in [9.17, 15) is 14.4 Å². The number of amides is 4. The fourth-order valence-electron chi connectivity index (χ4n) is 3.20. The number of carbonyl (C=O) groups excluding carboxylic acids is 3. The van der Waals surface area contributed by atoms with E-state index in [-0.39, 0.29) is 5.57 Å². The van der Waals surface area contributed by atoms with Gasteiger partial charge in [0.05, 0.1) is 19.9 Å². The second-order valence-electron chi connectivity index (χ2n) is 6.71. The summed E-state index contributed by atoms with van der Waals surface area (Å²) in [4.78, 5) is 38.6. The zero-order valence-corrected chi connectivity index (χ0v) is 16.9. The van der Waals surface area contributed by atoms with Crippen LogP contribution in [0.1, 0.15) is 5.56 Å². The van der Waals surface area contributed by atoms with E-state index in [1.165, 1.54) is 13.2 Å². The Hall–Kier alpha value is -4.33. The van der Waals surface area contributed by atoms with Gasteiger partial charge in [0.2, 0.25) is 0 Å². The zero-order valence-electron chi connectivity index (χ0n) is 16.9. The molecule has 2 heterocycles. The van der Waals surface area contributed by atoms with E-state index in [0.29, 0.717) is 17.0 Å². The average molecular weight is 417 g/mol. The van der Waals surface area contributed by atoms with Gasteiger partial charge in [-0.2, -0.15) is 0 Å². The molecule has 1 aliphatic heterocycles. The van der Waals surface area contributed by atoms with E-state index < -0.39 is 17.8 Å². The van der Waals surface area contributed by atoms with Crippen LogP contribution in [0.15, 0.2) is 72.6 Å². The minimum atomic E-state index is -0.798. The molecule has 0 saturated carbocycles. The highest BCUT2D eigenvalue weighted by molar-refractivity contribution is 6.39. The van der Waals surface area contributed by atoms with Crippen molar-refractivity contribution in [1.82, 2.24) is 9.88 Å². The van der Waals surface area contributed by atoms with Gasteiger partial charge in [-0.3, -0.25) is 14.9 Å². The quantitative estimate of drug-likeness (QED) is 0.509. The number of nitrogens with zero attached hydrogens (tertiary/aromatic N) is 2. The lowest BCUT2D eigenvalue weighted by atomic mass is 10.1. The molecule has 4 rings (SSSR count). The van der Waals surface area contributed by atoms with Gasteiger partial charge in [-0.25, -0.2) is 9.69 Å². The molecule has 1 aromatic heterocycles. The molecule has 0 aliphatic carbocycles. The van der Waals surface area contributed by atoms with Gasteiger partial charge >= 0.3 is 6.03 Å². The Morgan fingerprint density at radius 1 is 0.806 bits per heavy atom. The Balaban J connectivity index is 1.63. The third-order valence-electron chi connectivity index (χ3n) is 4.83. The normalized spacial score (nSPS) is 15.2. The Labute approximate surface area is 178 Å². The molecule has 1 saturated heterocycles. The predicted molar refractivity (Wildman–Crippen MR) is 114 cm³/mol. The molecule has 0 bridgehead atoms. The molecule has 2 aromatic carbocycles. The summed E-state index contributed by atoms with van der Waals surface area (Å²) < 4.78 is 12.1. The number of nitrogens with one attached hydrogen (secondary N) is 1. The van der Waals surface area contributed by atoms with Crippen molar-refractivity contribution < 1.29 is 23.9 Å². The fraction of sp³-hybridized carbons (Fsp3) is 0.0870. The average Bonchev–Trinajstić information content (AvgIpc) is 3.26. The van der Waals surface area contributed by atoms with Gasteiger partial charge in [0.1, 0.15) is 17.1 Å². The van der Waals surface area contributed by atoms with Crippen LogP contribution in [0.3, 0.4) is 0 Å². The van der Waals surface area contributed by atoms with Crippen LogP contribution in [0.5, 0.6) is 11.5 Å². The van der Waals surface area contributed by atoms with Gasteiger partial charge < -0.3 is 14.0 Å². The van der Waals surface area contributed by atoms with Gasteiger partial charge in [-0.05, 0) is 66.2 Å². The zero-order chi connectivity index (χ0) is 22.0. The van der Waals surface area contributed by atoms with E-state index in [2.05, 4.69) is 5.32 Å². The van der Waals surface area contributed by atoms with Crippen LogP contribution in [0.4, 0.5) is 10.5 Å². The minimum Gasteiger partial charge on any atom is -0.497 e. The van der Waals surface area contributed by atoms with Crippen LogP contribution < -0.4 is 19.7 Å². The van der Waals surface area contributed by atoms with Crippen molar-refractivity contribution in [3.8, 4) is 17.2 Å². The second-order valence-corrected chi connectivity index (χ2v) is 6.71. The minimum absolute atomic E-state index is 0.136. The molecule has 31 heavy (non-hydrogen) atoms. The number of rotatable bonds is 5. The summed E-state index contributed by atoms with van der Waals surface area (Å²) in [6, 6.07) is 14.8. The summed E-state index contributed by atoms with van der Waals surface area (Å²) in [6.07, 6.45) is 5.05. The maximum absolute atomic E-state index is 13.0. The first-order valence-corrected chi connectivity index (χ1v) is 9.38. The van der Waals surface area contributed by atoms with E-state index >= 15 is 0 Å². The van der Waals surface area contributed by atoms with Crippen molar-refractivity contribution in [2.75, 3.05) is 19.1 Å². The van der Waals surface area contributed by atoms with E-state index in [1.54, 1.807) is 43.6 Å². The summed E-state index contributed by atoms with van der Waals surface area (Å²) in [5.41, 5.74) is 1.72. The molecular formula is C23H19N3O5. The lowest BCUT2D eigenvalue weighted by Gasteiger charge is -2.26. The number of methoxy groups -OCH3 is 2. The smallest absolute Gasteiger partial charge is 0.335 e. The number of hydrogen-bond donors (Lipinski definition) is 1. The van der Waals surface area contributed by atoms with Crippen LogP contribution in [0.25, 0.3) is 11.8 Å². The molecule has 1 aliphatic rings. The Morgan fingerprint density at radius 2 is 1.39 bits per heavy atom. The number of hydrogen-bond acceptors (Lipinski definition) is 5.